The zero-order valence-corrected chi connectivity index (χ0v) is 19.2. The number of likely N-dealkylation sites (N-methyl/N-ethyl adjacent to an activating group) is 1. The molecule has 5 rings (SSSR count). The van der Waals surface area contributed by atoms with E-state index in [0.717, 1.165) is 68.0 Å². The smallest absolute Gasteiger partial charge is 0.344 e. The molecule has 3 aliphatic rings. The normalized spacial score (nSPS) is 19.7. The SMILES string of the molecule is CCN1CCN(c2ccc3cc(C4=C(C)CCN5C=CC(C)=CC5=C4)c(=O)oc3c2)CC1. The van der Waals surface area contributed by atoms with Gasteiger partial charge in [0.15, 0.2) is 0 Å². The first kappa shape index (κ1) is 20.8. The standard InChI is InChI=1S/C27H31N3O2/c1-4-28-11-13-30(14-12-28)22-6-5-21-16-25(27(31)32-26(21)18-22)24-17-23-15-19(2)7-9-29(23)10-8-20(24)3/h5-7,9,15-18H,4,8,10-14H2,1-3H3. The fourth-order valence-corrected chi connectivity index (χ4v) is 4.79. The first-order valence-electron chi connectivity index (χ1n) is 11.6. The second kappa shape index (κ2) is 8.47. The van der Waals surface area contributed by atoms with Crippen LogP contribution >= 0.6 is 0 Å². The Labute approximate surface area is 189 Å². The lowest BCUT2D eigenvalue weighted by atomic mass is 9.98. The first-order chi connectivity index (χ1) is 15.5. The monoisotopic (exact) mass is 429 g/mol. The molecule has 2 aromatic rings. The highest BCUT2D eigenvalue weighted by atomic mass is 16.4. The van der Waals surface area contributed by atoms with E-state index in [1.54, 1.807) is 0 Å². The maximum Gasteiger partial charge on any atom is 0.344 e. The molecule has 0 spiro atoms. The van der Waals surface area contributed by atoms with Crippen molar-refractivity contribution in [3.05, 3.63) is 81.5 Å². The van der Waals surface area contributed by atoms with Crippen molar-refractivity contribution >= 4 is 22.2 Å². The van der Waals surface area contributed by atoms with Crippen molar-refractivity contribution in [2.24, 2.45) is 0 Å². The molecule has 0 aliphatic carbocycles. The number of anilines is 1. The molecule has 0 atom stereocenters. The number of rotatable bonds is 3. The molecule has 1 saturated heterocycles. The maximum absolute atomic E-state index is 13.1. The van der Waals surface area contributed by atoms with E-state index >= 15 is 0 Å². The number of hydrogen-bond donors (Lipinski definition) is 0. The Morgan fingerprint density at radius 2 is 1.81 bits per heavy atom. The van der Waals surface area contributed by atoms with Gasteiger partial charge in [-0.25, -0.2) is 4.79 Å². The average Bonchev–Trinajstić information content (AvgIpc) is 2.96. The van der Waals surface area contributed by atoms with Gasteiger partial charge < -0.3 is 19.1 Å². The van der Waals surface area contributed by atoms with Gasteiger partial charge in [-0.15, -0.1) is 0 Å². The van der Waals surface area contributed by atoms with Crippen LogP contribution in [0.1, 0.15) is 32.8 Å². The molecule has 0 radical (unpaired) electrons. The third-order valence-corrected chi connectivity index (χ3v) is 6.90. The summed E-state index contributed by atoms with van der Waals surface area (Å²) in [6.07, 6.45) is 9.47. The van der Waals surface area contributed by atoms with Crippen molar-refractivity contribution in [2.75, 3.05) is 44.2 Å². The summed E-state index contributed by atoms with van der Waals surface area (Å²) < 4.78 is 5.87. The van der Waals surface area contributed by atoms with Gasteiger partial charge in [0.2, 0.25) is 0 Å². The van der Waals surface area contributed by atoms with Crippen molar-refractivity contribution < 1.29 is 4.42 Å². The summed E-state index contributed by atoms with van der Waals surface area (Å²) in [5.41, 5.74) is 6.70. The summed E-state index contributed by atoms with van der Waals surface area (Å²) in [5.74, 6) is 0. The number of nitrogens with zero attached hydrogens (tertiary/aromatic N) is 3. The van der Waals surface area contributed by atoms with Crippen LogP contribution in [0.3, 0.4) is 0 Å². The van der Waals surface area contributed by atoms with E-state index in [0.29, 0.717) is 11.1 Å². The molecule has 0 saturated carbocycles. The number of fused-ring (bicyclic) bond motifs is 2. The summed E-state index contributed by atoms with van der Waals surface area (Å²) in [7, 11) is 0. The van der Waals surface area contributed by atoms with E-state index in [1.165, 1.54) is 11.1 Å². The fourth-order valence-electron chi connectivity index (χ4n) is 4.79. The highest BCUT2D eigenvalue weighted by Gasteiger charge is 2.20. The van der Waals surface area contributed by atoms with Crippen LogP contribution in [0.5, 0.6) is 0 Å². The van der Waals surface area contributed by atoms with Gasteiger partial charge in [-0.3, -0.25) is 0 Å². The first-order valence-corrected chi connectivity index (χ1v) is 11.6. The van der Waals surface area contributed by atoms with E-state index in [2.05, 4.69) is 72.0 Å². The number of allylic oxidation sites excluding steroid dienone is 5. The predicted molar refractivity (Wildman–Crippen MR) is 132 cm³/mol. The van der Waals surface area contributed by atoms with Gasteiger partial charge in [0, 0.05) is 61.8 Å². The fraction of sp³-hybridized carbons (Fsp3) is 0.370. The Balaban J connectivity index is 1.50. The van der Waals surface area contributed by atoms with Crippen LogP contribution in [-0.2, 0) is 0 Å². The molecule has 5 nitrogen and oxygen atoms in total. The third-order valence-electron chi connectivity index (χ3n) is 6.90. The predicted octanol–water partition coefficient (Wildman–Crippen LogP) is 4.77. The van der Waals surface area contributed by atoms with E-state index in [1.807, 2.05) is 12.1 Å². The Kier molecular flexibility index (Phi) is 5.51. The van der Waals surface area contributed by atoms with Gasteiger partial charge in [0.25, 0.3) is 0 Å². The third kappa shape index (κ3) is 3.93. The van der Waals surface area contributed by atoms with E-state index < -0.39 is 0 Å². The molecule has 5 heteroatoms. The summed E-state index contributed by atoms with van der Waals surface area (Å²) >= 11 is 0. The molecule has 4 heterocycles. The molecular formula is C27H31N3O2. The summed E-state index contributed by atoms with van der Waals surface area (Å²) in [6, 6.07) is 8.26. The average molecular weight is 430 g/mol. The summed E-state index contributed by atoms with van der Waals surface area (Å²) in [4.78, 5) is 20.2. The van der Waals surface area contributed by atoms with Crippen LogP contribution in [0.25, 0.3) is 16.5 Å². The zero-order valence-electron chi connectivity index (χ0n) is 19.2. The lowest BCUT2D eigenvalue weighted by molar-refractivity contribution is 0.271. The van der Waals surface area contributed by atoms with Gasteiger partial charge in [-0.1, -0.05) is 12.5 Å². The van der Waals surface area contributed by atoms with Crippen LogP contribution in [-0.4, -0.2) is 49.1 Å². The Morgan fingerprint density at radius 1 is 1.00 bits per heavy atom. The van der Waals surface area contributed by atoms with Gasteiger partial charge in [0.05, 0.1) is 5.56 Å². The largest absolute Gasteiger partial charge is 0.422 e. The summed E-state index contributed by atoms with van der Waals surface area (Å²) in [6.45, 7) is 12.6. The molecule has 166 valence electrons. The second-order valence-electron chi connectivity index (χ2n) is 9.00. The maximum atomic E-state index is 13.1. The molecule has 1 aromatic heterocycles. The van der Waals surface area contributed by atoms with Crippen molar-refractivity contribution in [3.63, 3.8) is 0 Å². The molecular weight excluding hydrogens is 398 g/mol. The van der Waals surface area contributed by atoms with Gasteiger partial charge >= 0.3 is 5.63 Å². The molecule has 0 N–H and O–H groups in total. The lowest BCUT2D eigenvalue weighted by Gasteiger charge is -2.35. The Morgan fingerprint density at radius 3 is 2.59 bits per heavy atom. The number of hydrogen-bond acceptors (Lipinski definition) is 5. The van der Waals surface area contributed by atoms with Crippen LogP contribution in [0, 0.1) is 0 Å². The van der Waals surface area contributed by atoms with Crippen molar-refractivity contribution in [1.82, 2.24) is 9.80 Å². The number of benzene rings is 1. The number of piperazine rings is 1. The van der Waals surface area contributed by atoms with Gasteiger partial charge in [-0.05, 0) is 74.4 Å². The van der Waals surface area contributed by atoms with Crippen LogP contribution < -0.4 is 10.5 Å². The molecule has 0 unspecified atom stereocenters. The highest BCUT2D eigenvalue weighted by molar-refractivity contribution is 5.86. The van der Waals surface area contributed by atoms with Gasteiger partial charge in [-0.2, -0.15) is 0 Å². The van der Waals surface area contributed by atoms with Crippen molar-refractivity contribution in [2.45, 2.75) is 27.2 Å². The second-order valence-corrected chi connectivity index (χ2v) is 9.00. The van der Waals surface area contributed by atoms with E-state index in [-0.39, 0.29) is 5.63 Å². The molecule has 32 heavy (non-hydrogen) atoms. The molecule has 1 aromatic carbocycles. The lowest BCUT2D eigenvalue weighted by Crippen LogP contribution is -2.46. The van der Waals surface area contributed by atoms with Crippen LogP contribution in [0.15, 0.2) is 74.7 Å². The Bertz CT molecular complexity index is 1220. The minimum atomic E-state index is -0.267. The molecule has 0 bridgehead atoms. The summed E-state index contributed by atoms with van der Waals surface area (Å²) in [5, 5.41) is 0.964. The van der Waals surface area contributed by atoms with E-state index in [9.17, 15) is 4.79 Å². The Hall–Kier alpha value is -3.05. The van der Waals surface area contributed by atoms with Crippen molar-refractivity contribution in [3.8, 4) is 0 Å². The minimum absolute atomic E-state index is 0.267. The molecule has 0 amide bonds. The minimum Gasteiger partial charge on any atom is -0.422 e. The topological polar surface area (TPSA) is 39.9 Å². The van der Waals surface area contributed by atoms with Crippen molar-refractivity contribution in [1.29, 1.82) is 0 Å². The highest BCUT2D eigenvalue weighted by Crippen LogP contribution is 2.31. The van der Waals surface area contributed by atoms with E-state index in [4.69, 9.17) is 4.42 Å². The quantitative estimate of drug-likeness (QED) is 0.657. The molecule has 3 aliphatic heterocycles. The van der Waals surface area contributed by atoms with Crippen LogP contribution in [0.4, 0.5) is 5.69 Å². The zero-order chi connectivity index (χ0) is 22.2. The molecule has 1 fully saturated rings. The van der Waals surface area contributed by atoms with Crippen LogP contribution in [0.2, 0.25) is 0 Å². The van der Waals surface area contributed by atoms with Gasteiger partial charge in [0.1, 0.15) is 5.58 Å².